The maximum Gasteiger partial charge on any atom is 0.321 e. The van der Waals surface area contributed by atoms with Crippen LogP contribution in [0.5, 0.6) is 5.75 Å². The van der Waals surface area contributed by atoms with Crippen molar-refractivity contribution in [1.29, 1.82) is 0 Å². The molecule has 4 rings (SSSR count). The second kappa shape index (κ2) is 9.43. The average Bonchev–Trinajstić information content (AvgIpc) is 3.42. The lowest BCUT2D eigenvalue weighted by atomic mass is 9.90. The van der Waals surface area contributed by atoms with E-state index in [0.29, 0.717) is 23.5 Å². The Balaban J connectivity index is 1.24. The van der Waals surface area contributed by atoms with E-state index in [9.17, 15) is 4.79 Å². The predicted octanol–water partition coefficient (Wildman–Crippen LogP) is 4.24. The van der Waals surface area contributed by atoms with Gasteiger partial charge in [-0.3, -0.25) is 5.32 Å². The molecule has 1 aromatic heterocycles. The van der Waals surface area contributed by atoms with E-state index in [1.165, 1.54) is 43.4 Å². The van der Waals surface area contributed by atoms with Crippen LogP contribution in [0.3, 0.4) is 0 Å². The third-order valence-electron chi connectivity index (χ3n) is 5.88. The first kappa shape index (κ1) is 19.9. The number of hydrogen-bond acceptors (Lipinski definition) is 6. The highest BCUT2D eigenvalue weighted by atomic mass is 32.1. The monoisotopic (exact) mass is 415 g/mol. The third kappa shape index (κ3) is 4.98. The van der Waals surface area contributed by atoms with Crippen LogP contribution >= 0.6 is 11.3 Å². The van der Waals surface area contributed by atoms with Crippen LogP contribution in [0.2, 0.25) is 0 Å². The number of urea groups is 1. The van der Waals surface area contributed by atoms with Crippen molar-refractivity contribution < 1.29 is 9.53 Å². The molecular formula is C21H29N5O2S. The topological polar surface area (TPSA) is 79.4 Å². The van der Waals surface area contributed by atoms with Crippen LogP contribution in [0.4, 0.5) is 15.6 Å². The Kier molecular flexibility index (Phi) is 6.49. The van der Waals surface area contributed by atoms with E-state index in [1.54, 1.807) is 7.11 Å². The number of rotatable bonds is 6. The fourth-order valence-corrected chi connectivity index (χ4v) is 5.19. The number of nitrogens with zero attached hydrogens (tertiary/aromatic N) is 3. The molecule has 1 saturated carbocycles. The van der Waals surface area contributed by atoms with Gasteiger partial charge in [0.1, 0.15) is 10.8 Å². The highest BCUT2D eigenvalue weighted by Gasteiger charge is 2.25. The molecule has 0 radical (unpaired) electrons. The molecule has 29 heavy (non-hydrogen) atoms. The second-order valence-corrected chi connectivity index (χ2v) is 8.90. The number of aromatic nitrogens is 2. The van der Waals surface area contributed by atoms with E-state index in [1.807, 2.05) is 18.2 Å². The summed E-state index contributed by atoms with van der Waals surface area (Å²) in [6.45, 7) is 2.52. The lowest BCUT2D eigenvalue weighted by Gasteiger charge is -2.21. The van der Waals surface area contributed by atoms with Gasteiger partial charge in [0, 0.05) is 25.6 Å². The Labute approximate surface area is 175 Å². The van der Waals surface area contributed by atoms with Gasteiger partial charge in [-0.05, 0) is 37.3 Å². The summed E-state index contributed by atoms with van der Waals surface area (Å²) < 4.78 is 5.47. The Morgan fingerprint density at radius 3 is 2.86 bits per heavy atom. The third-order valence-corrected chi connectivity index (χ3v) is 6.88. The van der Waals surface area contributed by atoms with Gasteiger partial charge in [-0.1, -0.05) is 42.7 Å². The van der Waals surface area contributed by atoms with Crippen LogP contribution < -0.4 is 20.3 Å². The molecule has 2 fully saturated rings. The van der Waals surface area contributed by atoms with Gasteiger partial charge in [0.25, 0.3) is 0 Å². The number of nitrogens with one attached hydrogen (secondary N) is 2. The standard InChI is InChI=1S/C21H29N5O2S/c1-28-18-10-6-5-9-17(18)26-12-11-15(14-26)13-22-20(27)23-21-25-24-19(29-21)16-7-3-2-4-8-16/h5-6,9-10,15-16H,2-4,7-8,11-14H2,1H3,(H2,22,23,25,27). The number of ether oxygens (including phenoxy) is 1. The molecule has 8 heteroatoms. The van der Waals surface area contributed by atoms with Crippen molar-refractivity contribution in [2.24, 2.45) is 5.92 Å². The van der Waals surface area contributed by atoms with Crippen molar-refractivity contribution in [1.82, 2.24) is 15.5 Å². The van der Waals surface area contributed by atoms with Crippen LogP contribution in [0, 0.1) is 5.92 Å². The largest absolute Gasteiger partial charge is 0.495 e. The molecule has 2 aliphatic rings. The minimum atomic E-state index is -0.202. The number of carbonyl (C=O) groups excluding carboxylic acids is 1. The summed E-state index contributed by atoms with van der Waals surface area (Å²) >= 11 is 1.51. The molecule has 0 spiro atoms. The van der Waals surface area contributed by atoms with E-state index < -0.39 is 0 Å². The summed E-state index contributed by atoms with van der Waals surface area (Å²) in [7, 11) is 1.70. The van der Waals surface area contributed by atoms with Crippen molar-refractivity contribution in [3.8, 4) is 5.75 Å². The Hall–Kier alpha value is -2.35. The quantitative estimate of drug-likeness (QED) is 0.738. The fraction of sp³-hybridized carbons (Fsp3) is 0.571. The summed E-state index contributed by atoms with van der Waals surface area (Å²) in [5.74, 6) is 1.82. The van der Waals surface area contributed by atoms with E-state index in [0.717, 1.165) is 36.0 Å². The summed E-state index contributed by atoms with van der Waals surface area (Å²) in [6.07, 6.45) is 7.26. The summed E-state index contributed by atoms with van der Waals surface area (Å²) in [6, 6.07) is 7.88. The molecule has 1 aliphatic heterocycles. The van der Waals surface area contributed by atoms with Gasteiger partial charge in [-0.25, -0.2) is 4.79 Å². The number of para-hydroxylation sites is 2. The molecule has 7 nitrogen and oxygen atoms in total. The van der Waals surface area contributed by atoms with E-state index in [2.05, 4.69) is 31.8 Å². The molecule has 1 aliphatic carbocycles. The van der Waals surface area contributed by atoms with Crippen molar-refractivity contribution in [2.45, 2.75) is 44.4 Å². The van der Waals surface area contributed by atoms with E-state index in [-0.39, 0.29) is 6.03 Å². The van der Waals surface area contributed by atoms with Gasteiger partial charge in [0.05, 0.1) is 12.8 Å². The first-order chi connectivity index (χ1) is 14.2. The molecule has 1 aromatic carbocycles. The van der Waals surface area contributed by atoms with Gasteiger partial charge in [-0.15, -0.1) is 10.2 Å². The molecule has 2 N–H and O–H groups in total. The molecule has 1 unspecified atom stereocenters. The zero-order valence-electron chi connectivity index (χ0n) is 16.9. The van der Waals surface area contributed by atoms with Gasteiger partial charge < -0.3 is 15.0 Å². The normalized spacial score (nSPS) is 19.9. The van der Waals surface area contributed by atoms with Gasteiger partial charge in [0.15, 0.2) is 0 Å². The highest BCUT2D eigenvalue weighted by Crippen LogP contribution is 2.35. The van der Waals surface area contributed by atoms with Crippen molar-refractivity contribution in [2.75, 3.05) is 37.0 Å². The molecule has 2 aromatic rings. The number of methoxy groups -OCH3 is 1. The first-order valence-electron chi connectivity index (χ1n) is 10.5. The van der Waals surface area contributed by atoms with Gasteiger partial charge in [0.2, 0.25) is 5.13 Å². The minimum Gasteiger partial charge on any atom is -0.495 e. The second-order valence-electron chi connectivity index (χ2n) is 7.89. The Bertz CT molecular complexity index is 821. The lowest BCUT2D eigenvalue weighted by molar-refractivity contribution is 0.250. The van der Waals surface area contributed by atoms with Gasteiger partial charge >= 0.3 is 6.03 Å². The summed E-state index contributed by atoms with van der Waals surface area (Å²) in [4.78, 5) is 14.6. The van der Waals surface area contributed by atoms with Crippen molar-refractivity contribution in [3.05, 3.63) is 29.3 Å². The zero-order chi connectivity index (χ0) is 20.1. The minimum absolute atomic E-state index is 0.202. The summed E-state index contributed by atoms with van der Waals surface area (Å²) in [5, 5.41) is 15.9. The predicted molar refractivity (Wildman–Crippen MR) is 116 cm³/mol. The number of benzene rings is 1. The fourth-order valence-electron chi connectivity index (χ4n) is 4.29. The van der Waals surface area contributed by atoms with E-state index in [4.69, 9.17) is 4.74 Å². The summed E-state index contributed by atoms with van der Waals surface area (Å²) in [5.41, 5.74) is 1.12. The van der Waals surface area contributed by atoms with Crippen LogP contribution in [0.25, 0.3) is 0 Å². The molecule has 156 valence electrons. The zero-order valence-corrected chi connectivity index (χ0v) is 17.7. The molecule has 0 bridgehead atoms. The molecular weight excluding hydrogens is 386 g/mol. The number of carbonyl (C=O) groups is 1. The highest BCUT2D eigenvalue weighted by molar-refractivity contribution is 7.15. The van der Waals surface area contributed by atoms with Crippen LogP contribution in [0.1, 0.15) is 49.5 Å². The average molecular weight is 416 g/mol. The van der Waals surface area contributed by atoms with Gasteiger partial charge in [-0.2, -0.15) is 0 Å². The van der Waals surface area contributed by atoms with Crippen LogP contribution in [0.15, 0.2) is 24.3 Å². The Morgan fingerprint density at radius 1 is 1.21 bits per heavy atom. The molecule has 1 atom stereocenters. The number of anilines is 2. The maximum absolute atomic E-state index is 12.3. The lowest BCUT2D eigenvalue weighted by Crippen LogP contribution is -2.34. The first-order valence-corrected chi connectivity index (χ1v) is 11.3. The smallest absolute Gasteiger partial charge is 0.321 e. The van der Waals surface area contributed by atoms with Crippen molar-refractivity contribution in [3.63, 3.8) is 0 Å². The maximum atomic E-state index is 12.3. The van der Waals surface area contributed by atoms with Crippen molar-refractivity contribution >= 4 is 28.2 Å². The molecule has 2 amide bonds. The Morgan fingerprint density at radius 2 is 2.03 bits per heavy atom. The number of hydrogen-bond donors (Lipinski definition) is 2. The SMILES string of the molecule is COc1ccccc1N1CCC(CNC(=O)Nc2nnc(C3CCCCC3)s2)C1. The molecule has 2 heterocycles. The van der Waals surface area contributed by atoms with Crippen LogP contribution in [-0.4, -0.2) is 43.0 Å². The van der Waals surface area contributed by atoms with E-state index >= 15 is 0 Å². The molecule has 1 saturated heterocycles. The number of amides is 2. The van der Waals surface area contributed by atoms with Crippen LogP contribution in [-0.2, 0) is 0 Å².